The number of carbonyl (C=O) groups is 2. The van der Waals surface area contributed by atoms with Gasteiger partial charge in [-0.05, 0) is 57.8 Å². The first-order chi connectivity index (χ1) is 37.5. The molecule has 6 nitrogen and oxygen atoms in total. The smallest absolute Gasteiger partial charge is 0.305 e. The van der Waals surface area contributed by atoms with E-state index in [1.54, 1.807) is 6.08 Å². The molecule has 0 spiro atoms. The average molecular weight is 1070 g/mol. The lowest BCUT2D eigenvalue weighted by Crippen LogP contribution is -2.45. The minimum absolute atomic E-state index is 0.0124. The molecule has 0 aliphatic rings. The van der Waals surface area contributed by atoms with Crippen molar-refractivity contribution in [2.24, 2.45) is 0 Å². The van der Waals surface area contributed by atoms with Crippen LogP contribution in [0.25, 0.3) is 0 Å². The highest BCUT2D eigenvalue weighted by molar-refractivity contribution is 5.76. The Morgan fingerprint density at radius 3 is 0.934 bits per heavy atom. The van der Waals surface area contributed by atoms with Crippen LogP contribution in [-0.2, 0) is 14.3 Å². The van der Waals surface area contributed by atoms with Gasteiger partial charge < -0.3 is 20.3 Å². The zero-order valence-electron chi connectivity index (χ0n) is 51.5. The topological polar surface area (TPSA) is 95.9 Å². The van der Waals surface area contributed by atoms with Gasteiger partial charge in [0.25, 0.3) is 0 Å². The molecule has 0 aliphatic carbocycles. The number of hydrogen-bond acceptors (Lipinski definition) is 5. The summed E-state index contributed by atoms with van der Waals surface area (Å²) in [7, 11) is 0. The fourth-order valence-corrected chi connectivity index (χ4v) is 10.9. The number of carbonyl (C=O) groups excluding carboxylic acids is 2. The molecule has 0 rings (SSSR count). The molecule has 0 heterocycles. The van der Waals surface area contributed by atoms with E-state index in [9.17, 15) is 19.8 Å². The van der Waals surface area contributed by atoms with Gasteiger partial charge in [0.15, 0.2) is 0 Å². The lowest BCUT2D eigenvalue weighted by Gasteiger charge is -2.20. The van der Waals surface area contributed by atoms with Crippen LogP contribution in [0.5, 0.6) is 0 Å². The SMILES string of the molecule is CCCCCCCCCCCCCCCCCCCCCCCC/C=C/C(O)C(CO)NC(=O)CCCCCCCCC/C=C\CCCCCCCCCCCCCCOC(=O)CCCCCCCCCCCCCC. The second-order valence-corrected chi connectivity index (χ2v) is 23.9. The Hall–Kier alpha value is -1.66. The minimum Gasteiger partial charge on any atom is -0.466 e. The number of nitrogens with one attached hydrogen (secondary N) is 1. The Bertz CT molecular complexity index is 1190. The van der Waals surface area contributed by atoms with E-state index in [1.807, 2.05) is 6.08 Å². The Balaban J connectivity index is 3.44. The van der Waals surface area contributed by atoms with E-state index in [0.717, 1.165) is 44.9 Å². The Morgan fingerprint density at radius 2 is 0.618 bits per heavy atom. The van der Waals surface area contributed by atoms with Crippen molar-refractivity contribution in [2.75, 3.05) is 13.2 Å². The molecule has 2 atom stereocenters. The molecule has 0 radical (unpaired) electrons. The maximum atomic E-state index is 12.5. The third-order valence-electron chi connectivity index (χ3n) is 16.2. The summed E-state index contributed by atoms with van der Waals surface area (Å²) < 4.78 is 5.48. The summed E-state index contributed by atoms with van der Waals surface area (Å²) in [5.74, 6) is -0.0576. The van der Waals surface area contributed by atoms with E-state index in [-0.39, 0.29) is 18.5 Å². The first kappa shape index (κ1) is 74.3. The van der Waals surface area contributed by atoms with E-state index in [0.29, 0.717) is 19.4 Å². The van der Waals surface area contributed by atoms with Crippen LogP contribution in [0.4, 0.5) is 0 Å². The van der Waals surface area contributed by atoms with Crippen molar-refractivity contribution in [2.45, 2.75) is 398 Å². The molecule has 0 bridgehead atoms. The summed E-state index contributed by atoms with van der Waals surface area (Å²) in [6, 6.07) is -0.633. The zero-order valence-corrected chi connectivity index (χ0v) is 51.5. The predicted octanol–water partition coefficient (Wildman–Crippen LogP) is 22.1. The molecule has 0 aromatic carbocycles. The summed E-state index contributed by atoms with van der Waals surface area (Å²) in [6.45, 7) is 4.93. The number of aliphatic hydroxyl groups is 2. The normalized spacial score (nSPS) is 12.6. The van der Waals surface area contributed by atoms with Crippen LogP contribution in [0.3, 0.4) is 0 Å². The van der Waals surface area contributed by atoms with Crippen molar-refractivity contribution in [3.05, 3.63) is 24.3 Å². The van der Waals surface area contributed by atoms with E-state index in [4.69, 9.17) is 4.74 Å². The molecular weight excluding hydrogens is 935 g/mol. The second kappa shape index (κ2) is 65.9. The molecule has 3 N–H and O–H groups in total. The van der Waals surface area contributed by atoms with Gasteiger partial charge in [0.05, 0.1) is 25.4 Å². The highest BCUT2D eigenvalue weighted by Gasteiger charge is 2.18. The largest absolute Gasteiger partial charge is 0.466 e. The summed E-state index contributed by atoms with van der Waals surface area (Å²) in [6.07, 6.45) is 82.5. The highest BCUT2D eigenvalue weighted by atomic mass is 16.5. The maximum Gasteiger partial charge on any atom is 0.305 e. The number of aliphatic hydroxyl groups excluding tert-OH is 2. The lowest BCUT2D eigenvalue weighted by molar-refractivity contribution is -0.143. The van der Waals surface area contributed by atoms with Gasteiger partial charge in [0.1, 0.15) is 0 Å². The van der Waals surface area contributed by atoms with Gasteiger partial charge in [-0.15, -0.1) is 0 Å². The zero-order chi connectivity index (χ0) is 55.0. The summed E-state index contributed by atoms with van der Waals surface area (Å²) in [4.78, 5) is 24.6. The number of amides is 1. The predicted molar refractivity (Wildman–Crippen MR) is 333 cm³/mol. The molecule has 450 valence electrons. The van der Waals surface area contributed by atoms with Gasteiger partial charge in [-0.25, -0.2) is 0 Å². The molecule has 0 aromatic rings. The standard InChI is InChI=1S/C70H135NO5/c1-3-5-7-9-11-13-15-17-18-19-20-21-22-24-27-30-33-36-39-42-46-50-54-58-62-68(73)67(66-72)71-69(74)63-59-55-51-47-43-40-37-34-31-28-25-23-26-29-32-35-38-41-45-49-53-57-61-65-76-70(75)64-60-56-52-48-44-16-14-12-10-8-6-4-2/h28,31,58,62,67-68,72-73H,3-27,29-30,32-57,59-61,63-66H2,1-2H3,(H,71,74)/b31-28-,62-58+. The number of hydrogen-bond donors (Lipinski definition) is 3. The molecule has 0 fully saturated rings. The highest BCUT2D eigenvalue weighted by Crippen LogP contribution is 2.18. The van der Waals surface area contributed by atoms with Gasteiger partial charge in [-0.2, -0.15) is 0 Å². The molecule has 2 unspecified atom stereocenters. The van der Waals surface area contributed by atoms with Crippen molar-refractivity contribution in [1.29, 1.82) is 0 Å². The summed E-state index contributed by atoms with van der Waals surface area (Å²) in [5.41, 5.74) is 0. The summed E-state index contributed by atoms with van der Waals surface area (Å²) in [5, 5.41) is 23.3. The second-order valence-electron chi connectivity index (χ2n) is 23.9. The van der Waals surface area contributed by atoms with Gasteiger partial charge in [-0.1, -0.05) is 340 Å². The van der Waals surface area contributed by atoms with Crippen molar-refractivity contribution in [3.63, 3.8) is 0 Å². The van der Waals surface area contributed by atoms with E-state index >= 15 is 0 Å². The number of unbranched alkanes of at least 4 members (excludes halogenated alkanes) is 52. The first-order valence-electron chi connectivity index (χ1n) is 34.6. The van der Waals surface area contributed by atoms with Crippen LogP contribution >= 0.6 is 0 Å². The van der Waals surface area contributed by atoms with Gasteiger partial charge in [-0.3, -0.25) is 9.59 Å². The van der Waals surface area contributed by atoms with Crippen LogP contribution in [-0.4, -0.2) is 47.4 Å². The maximum absolute atomic E-state index is 12.5. The molecule has 0 aliphatic heterocycles. The van der Waals surface area contributed by atoms with Crippen molar-refractivity contribution in [1.82, 2.24) is 5.32 Å². The average Bonchev–Trinajstić information content (AvgIpc) is 3.42. The van der Waals surface area contributed by atoms with Crippen molar-refractivity contribution < 1.29 is 24.5 Å². The quantitative estimate of drug-likeness (QED) is 0.0320. The van der Waals surface area contributed by atoms with Crippen LogP contribution in [0.15, 0.2) is 24.3 Å². The van der Waals surface area contributed by atoms with Crippen molar-refractivity contribution in [3.8, 4) is 0 Å². The van der Waals surface area contributed by atoms with E-state index < -0.39 is 12.1 Å². The number of ether oxygens (including phenoxy) is 1. The molecule has 0 aromatic heterocycles. The Kier molecular flexibility index (Phi) is 64.4. The van der Waals surface area contributed by atoms with Crippen LogP contribution < -0.4 is 5.32 Å². The van der Waals surface area contributed by atoms with Crippen molar-refractivity contribution >= 4 is 11.9 Å². The lowest BCUT2D eigenvalue weighted by atomic mass is 10.0. The van der Waals surface area contributed by atoms with Gasteiger partial charge in [0, 0.05) is 12.8 Å². The molecule has 6 heteroatoms. The molecular formula is C70H135NO5. The molecule has 0 saturated carbocycles. The first-order valence-corrected chi connectivity index (χ1v) is 34.6. The molecule has 0 saturated heterocycles. The number of rotatable bonds is 65. The van der Waals surface area contributed by atoms with E-state index in [2.05, 4.69) is 31.3 Å². The minimum atomic E-state index is -0.849. The monoisotopic (exact) mass is 1070 g/mol. The van der Waals surface area contributed by atoms with Gasteiger partial charge >= 0.3 is 5.97 Å². The number of allylic oxidation sites excluding steroid dienone is 3. The van der Waals surface area contributed by atoms with Gasteiger partial charge in [0.2, 0.25) is 5.91 Å². The molecule has 76 heavy (non-hydrogen) atoms. The number of esters is 1. The van der Waals surface area contributed by atoms with Crippen LogP contribution in [0, 0.1) is 0 Å². The van der Waals surface area contributed by atoms with Crippen LogP contribution in [0.2, 0.25) is 0 Å². The van der Waals surface area contributed by atoms with E-state index in [1.165, 1.54) is 315 Å². The summed E-state index contributed by atoms with van der Waals surface area (Å²) >= 11 is 0. The van der Waals surface area contributed by atoms with Crippen LogP contribution in [0.1, 0.15) is 386 Å². The Morgan fingerprint density at radius 1 is 0.355 bits per heavy atom. The fraction of sp³-hybridized carbons (Fsp3) is 0.914. The fourth-order valence-electron chi connectivity index (χ4n) is 10.9. The third kappa shape index (κ3) is 61.6. The Labute approximate surface area is 475 Å². The third-order valence-corrected chi connectivity index (χ3v) is 16.2. The molecule has 1 amide bonds.